The van der Waals surface area contributed by atoms with Crippen LogP contribution in [-0.4, -0.2) is 20.3 Å². The van der Waals surface area contributed by atoms with E-state index in [1.807, 2.05) is 43.8 Å². The lowest BCUT2D eigenvalue weighted by molar-refractivity contribution is 0.0989. The summed E-state index contributed by atoms with van der Waals surface area (Å²) in [6.07, 6.45) is 3.85. The number of aromatic nitrogens is 3. The minimum atomic E-state index is 0.0595. The third-order valence-electron chi connectivity index (χ3n) is 2.77. The van der Waals surface area contributed by atoms with E-state index in [4.69, 9.17) is 0 Å². The summed E-state index contributed by atoms with van der Waals surface area (Å²) in [5.74, 6) is 0.833. The molecule has 0 saturated carbocycles. The highest BCUT2D eigenvalue weighted by molar-refractivity contribution is 5.98. The molecule has 0 atom stereocenters. The van der Waals surface area contributed by atoms with Gasteiger partial charge in [-0.1, -0.05) is 0 Å². The summed E-state index contributed by atoms with van der Waals surface area (Å²) < 4.78 is 1.86. The second-order valence-corrected chi connectivity index (χ2v) is 4.14. The van der Waals surface area contributed by atoms with Crippen LogP contribution in [0.15, 0.2) is 24.5 Å². The predicted octanol–water partition coefficient (Wildman–Crippen LogP) is 1.86. The Morgan fingerprint density at radius 2 is 2.12 bits per heavy atom. The van der Waals surface area contributed by atoms with Crippen molar-refractivity contribution in [3.05, 3.63) is 47.3 Å². The van der Waals surface area contributed by atoms with Gasteiger partial charge in [-0.3, -0.25) is 9.78 Å². The van der Waals surface area contributed by atoms with Gasteiger partial charge in [0.25, 0.3) is 0 Å². The average molecular weight is 229 g/mol. The van der Waals surface area contributed by atoms with Crippen molar-refractivity contribution in [3.8, 4) is 0 Å². The van der Waals surface area contributed by atoms with E-state index in [1.54, 1.807) is 6.20 Å². The second-order valence-electron chi connectivity index (χ2n) is 4.14. The fraction of sp³-hybridized carbons (Fsp3) is 0.308. The number of carbonyl (C=O) groups is 1. The van der Waals surface area contributed by atoms with E-state index in [-0.39, 0.29) is 5.78 Å². The van der Waals surface area contributed by atoms with Gasteiger partial charge < -0.3 is 4.57 Å². The van der Waals surface area contributed by atoms with Crippen molar-refractivity contribution in [2.45, 2.75) is 20.3 Å². The van der Waals surface area contributed by atoms with Crippen LogP contribution in [-0.2, 0) is 13.5 Å². The van der Waals surface area contributed by atoms with Crippen molar-refractivity contribution >= 4 is 5.78 Å². The first-order valence-corrected chi connectivity index (χ1v) is 5.51. The third-order valence-corrected chi connectivity index (χ3v) is 2.77. The minimum Gasteiger partial charge on any atom is -0.338 e. The second kappa shape index (κ2) is 4.49. The molecule has 0 aliphatic heterocycles. The molecule has 2 aromatic rings. The summed E-state index contributed by atoms with van der Waals surface area (Å²) in [5, 5.41) is 0. The fourth-order valence-corrected chi connectivity index (χ4v) is 1.79. The zero-order valence-electron chi connectivity index (χ0n) is 10.3. The Bertz CT molecular complexity index is 558. The number of hydrogen-bond donors (Lipinski definition) is 0. The third kappa shape index (κ3) is 2.41. The Hall–Kier alpha value is -1.97. The zero-order valence-corrected chi connectivity index (χ0v) is 10.3. The molecule has 4 nitrogen and oxygen atoms in total. The predicted molar refractivity (Wildman–Crippen MR) is 65.0 cm³/mol. The summed E-state index contributed by atoms with van der Waals surface area (Å²) in [4.78, 5) is 20.6. The molecule has 0 aliphatic carbocycles. The maximum Gasteiger partial charge on any atom is 0.172 e. The number of pyridine rings is 1. The van der Waals surface area contributed by atoms with Gasteiger partial charge >= 0.3 is 0 Å². The van der Waals surface area contributed by atoms with Crippen LogP contribution in [0.25, 0.3) is 0 Å². The van der Waals surface area contributed by atoms with Crippen LogP contribution in [0.3, 0.4) is 0 Å². The number of aryl methyl sites for hydroxylation is 3. The standard InChI is InChI=1S/C13H15N3O/c1-9-4-5-11(10(2)15-9)12(17)8-13-14-6-7-16(13)3/h4-7H,8H2,1-3H3. The number of Topliss-reactive ketones (excluding diaryl/α,β-unsaturated/α-hetero) is 1. The summed E-state index contributed by atoms with van der Waals surface area (Å²) >= 11 is 0. The van der Waals surface area contributed by atoms with Crippen LogP contribution in [0.1, 0.15) is 27.6 Å². The quantitative estimate of drug-likeness (QED) is 0.755. The van der Waals surface area contributed by atoms with E-state index in [0.717, 1.165) is 17.2 Å². The molecule has 0 bridgehead atoms. The first-order chi connectivity index (χ1) is 8.08. The Morgan fingerprint density at radius 1 is 1.35 bits per heavy atom. The van der Waals surface area contributed by atoms with E-state index in [0.29, 0.717) is 12.0 Å². The maximum atomic E-state index is 12.1. The molecular formula is C13H15N3O. The topological polar surface area (TPSA) is 47.8 Å². The number of nitrogens with zero attached hydrogens (tertiary/aromatic N) is 3. The lowest BCUT2D eigenvalue weighted by Gasteiger charge is -2.05. The van der Waals surface area contributed by atoms with Crippen molar-refractivity contribution in [2.75, 3.05) is 0 Å². The fourth-order valence-electron chi connectivity index (χ4n) is 1.79. The van der Waals surface area contributed by atoms with Crippen LogP contribution < -0.4 is 0 Å². The van der Waals surface area contributed by atoms with E-state index >= 15 is 0 Å². The summed E-state index contributed by atoms with van der Waals surface area (Å²) in [6.45, 7) is 3.78. The molecule has 2 heterocycles. The Labute approximate surface area is 100 Å². The summed E-state index contributed by atoms with van der Waals surface area (Å²) in [5.41, 5.74) is 2.39. The molecule has 17 heavy (non-hydrogen) atoms. The average Bonchev–Trinajstić information content (AvgIpc) is 2.64. The van der Waals surface area contributed by atoms with E-state index in [2.05, 4.69) is 9.97 Å². The molecule has 0 aromatic carbocycles. The first kappa shape index (κ1) is 11.5. The molecule has 0 spiro atoms. The molecule has 0 unspecified atom stereocenters. The molecule has 4 heteroatoms. The van der Waals surface area contributed by atoms with Crippen LogP contribution in [0.5, 0.6) is 0 Å². The van der Waals surface area contributed by atoms with Gasteiger partial charge in [-0.05, 0) is 26.0 Å². The highest BCUT2D eigenvalue weighted by atomic mass is 16.1. The number of hydrogen-bond acceptors (Lipinski definition) is 3. The van der Waals surface area contributed by atoms with Gasteiger partial charge in [-0.25, -0.2) is 4.98 Å². The van der Waals surface area contributed by atoms with E-state index in [9.17, 15) is 4.79 Å². The Balaban J connectivity index is 2.23. The van der Waals surface area contributed by atoms with Crippen molar-refractivity contribution in [1.29, 1.82) is 0 Å². The molecule has 0 amide bonds. The van der Waals surface area contributed by atoms with Gasteiger partial charge in [0, 0.05) is 36.4 Å². The van der Waals surface area contributed by atoms with Crippen LogP contribution >= 0.6 is 0 Å². The highest BCUT2D eigenvalue weighted by Gasteiger charge is 2.13. The molecule has 88 valence electrons. The zero-order chi connectivity index (χ0) is 12.4. The first-order valence-electron chi connectivity index (χ1n) is 5.51. The number of rotatable bonds is 3. The van der Waals surface area contributed by atoms with Crippen molar-refractivity contribution in [1.82, 2.24) is 14.5 Å². The Kier molecular flexibility index (Phi) is 3.04. The normalized spacial score (nSPS) is 10.5. The van der Waals surface area contributed by atoms with Crippen molar-refractivity contribution in [2.24, 2.45) is 7.05 Å². The molecule has 0 aliphatic rings. The van der Waals surface area contributed by atoms with Crippen LogP contribution in [0.4, 0.5) is 0 Å². The Morgan fingerprint density at radius 3 is 2.71 bits per heavy atom. The largest absolute Gasteiger partial charge is 0.338 e. The molecule has 2 aromatic heterocycles. The number of ketones is 1. The van der Waals surface area contributed by atoms with E-state index < -0.39 is 0 Å². The maximum absolute atomic E-state index is 12.1. The van der Waals surface area contributed by atoms with Crippen molar-refractivity contribution in [3.63, 3.8) is 0 Å². The molecule has 0 radical (unpaired) electrons. The number of carbonyl (C=O) groups excluding carboxylic acids is 1. The van der Waals surface area contributed by atoms with Crippen LogP contribution in [0, 0.1) is 13.8 Å². The summed E-state index contributed by atoms with van der Waals surface area (Å²) in [6, 6.07) is 3.70. The lowest BCUT2D eigenvalue weighted by Crippen LogP contribution is -2.10. The minimum absolute atomic E-state index is 0.0595. The lowest BCUT2D eigenvalue weighted by atomic mass is 10.1. The smallest absolute Gasteiger partial charge is 0.172 e. The van der Waals surface area contributed by atoms with Crippen LogP contribution in [0.2, 0.25) is 0 Å². The van der Waals surface area contributed by atoms with Gasteiger partial charge in [0.15, 0.2) is 5.78 Å². The van der Waals surface area contributed by atoms with Gasteiger partial charge in [0.2, 0.25) is 0 Å². The van der Waals surface area contributed by atoms with Gasteiger partial charge in [-0.15, -0.1) is 0 Å². The molecular weight excluding hydrogens is 214 g/mol. The molecule has 0 saturated heterocycles. The monoisotopic (exact) mass is 229 g/mol. The molecule has 0 fully saturated rings. The van der Waals surface area contributed by atoms with E-state index in [1.165, 1.54) is 0 Å². The SMILES string of the molecule is Cc1ccc(C(=O)Cc2nccn2C)c(C)n1. The van der Waals surface area contributed by atoms with Gasteiger partial charge in [-0.2, -0.15) is 0 Å². The van der Waals surface area contributed by atoms with Crippen molar-refractivity contribution < 1.29 is 4.79 Å². The summed E-state index contributed by atoms with van der Waals surface area (Å²) in [7, 11) is 1.88. The number of imidazole rings is 1. The highest BCUT2D eigenvalue weighted by Crippen LogP contribution is 2.10. The van der Waals surface area contributed by atoms with Gasteiger partial charge in [0.1, 0.15) is 5.82 Å². The molecule has 2 rings (SSSR count). The van der Waals surface area contributed by atoms with Gasteiger partial charge in [0.05, 0.1) is 6.42 Å². The molecule has 0 N–H and O–H groups in total.